The zero-order valence-electron chi connectivity index (χ0n) is 10.5. The lowest BCUT2D eigenvalue weighted by Crippen LogP contribution is -2.46. The predicted molar refractivity (Wildman–Crippen MR) is 68.5 cm³/mol. The van der Waals surface area contributed by atoms with Crippen molar-refractivity contribution in [3.8, 4) is 5.75 Å². The average molecular weight is 248 g/mol. The summed E-state index contributed by atoms with van der Waals surface area (Å²) in [6, 6.07) is 2.59. The monoisotopic (exact) mass is 248 g/mol. The lowest BCUT2D eigenvalue weighted by atomic mass is 10.1. The molecule has 2 N–H and O–H groups in total. The topological polar surface area (TPSA) is 54.4 Å². The summed E-state index contributed by atoms with van der Waals surface area (Å²) in [5, 5.41) is 12.4. The highest BCUT2D eigenvalue weighted by molar-refractivity contribution is 5.24. The Labute approximate surface area is 107 Å². The lowest BCUT2D eigenvalue weighted by molar-refractivity contribution is 0.216. The van der Waals surface area contributed by atoms with E-state index in [9.17, 15) is 0 Å². The Balaban J connectivity index is 1.51. The molecule has 1 aliphatic heterocycles. The van der Waals surface area contributed by atoms with Gasteiger partial charge in [-0.1, -0.05) is 0 Å². The molecule has 3 atom stereocenters. The van der Waals surface area contributed by atoms with Gasteiger partial charge in [-0.15, -0.1) is 0 Å². The largest absolute Gasteiger partial charge is 0.490 e. The maximum atomic E-state index is 9.04. The Morgan fingerprint density at radius 2 is 2.28 bits per heavy atom. The number of aromatic nitrogens is 1. The Morgan fingerprint density at radius 3 is 2.94 bits per heavy atom. The molecule has 1 saturated heterocycles. The molecule has 1 aromatic heterocycles. The van der Waals surface area contributed by atoms with Gasteiger partial charge in [-0.05, 0) is 49.3 Å². The van der Waals surface area contributed by atoms with Gasteiger partial charge < -0.3 is 15.2 Å². The first-order valence-electron chi connectivity index (χ1n) is 6.76. The standard InChI is InChI=1S/C14H20N2O2/c17-8-12-5-11(12)3-10-4-14(7-15-6-10)18-9-13-1-2-16-13/h4,6-7,11-13,16-17H,1-3,5,8-9H2/t11-,12+,13+/m1/s1. The fraction of sp³-hybridized carbons (Fsp3) is 0.643. The van der Waals surface area contributed by atoms with Crippen molar-refractivity contribution in [1.82, 2.24) is 10.3 Å². The molecule has 4 nitrogen and oxygen atoms in total. The van der Waals surface area contributed by atoms with Crippen LogP contribution in [0.25, 0.3) is 0 Å². The Kier molecular flexibility index (Phi) is 3.48. The predicted octanol–water partition coefficient (Wildman–Crippen LogP) is 0.993. The third-order valence-electron chi connectivity index (χ3n) is 3.95. The third kappa shape index (κ3) is 2.82. The molecule has 1 aromatic rings. The Hall–Kier alpha value is -1.13. The zero-order valence-corrected chi connectivity index (χ0v) is 10.5. The second kappa shape index (κ2) is 5.24. The maximum absolute atomic E-state index is 9.04. The first-order valence-corrected chi connectivity index (χ1v) is 6.76. The van der Waals surface area contributed by atoms with E-state index < -0.39 is 0 Å². The number of hydrogen-bond acceptors (Lipinski definition) is 4. The Morgan fingerprint density at radius 1 is 1.39 bits per heavy atom. The van der Waals surface area contributed by atoms with E-state index in [1.54, 1.807) is 6.20 Å². The van der Waals surface area contributed by atoms with E-state index in [1.165, 1.54) is 12.0 Å². The molecule has 0 radical (unpaired) electrons. The average Bonchev–Trinajstić information content (AvgIpc) is 3.06. The molecule has 2 fully saturated rings. The second-order valence-corrected chi connectivity index (χ2v) is 5.42. The van der Waals surface area contributed by atoms with Crippen LogP contribution in [0, 0.1) is 11.8 Å². The van der Waals surface area contributed by atoms with Crippen molar-refractivity contribution in [3.05, 3.63) is 24.0 Å². The molecular formula is C14H20N2O2. The van der Waals surface area contributed by atoms with Crippen LogP contribution in [-0.4, -0.2) is 35.9 Å². The van der Waals surface area contributed by atoms with Gasteiger partial charge in [0.1, 0.15) is 12.4 Å². The minimum absolute atomic E-state index is 0.321. The molecule has 1 saturated carbocycles. The summed E-state index contributed by atoms with van der Waals surface area (Å²) >= 11 is 0. The highest BCUT2D eigenvalue weighted by atomic mass is 16.5. The van der Waals surface area contributed by atoms with Crippen LogP contribution in [0.1, 0.15) is 18.4 Å². The van der Waals surface area contributed by atoms with Crippen molar-refractivity contribution in [2.75, 3.05) is 19.8 Å². The van der Waals surface area contributed by atoms with Crippen LogP contribution in [0.15, 0.2) is 18.5 Å². The molecule has 0 aromatic carbocycles. The van der Waals surface area contributed by atoms with Crippen LogP contribution in [0.5, 0.6) is 5.75 Å². The summed E-state index contributed by atoms with van der Waals surface area (Å²) in [5.74, 6) is 2.01. The van der Waals surface area contributed by atoms with E-state index in [1.807, 2.05) is 6.20 Å². The quantitative estimate of drug-likeness (QED) is 0.788. The summed E-state index contributed by atoms with van der Waals surface area (Å²) in [4.78, 5) is 4.23. The van der Waals surface area contributed by atoms with Crippen molar-refractivity contribution < 1.29 is 9.84 Å². The van der Waals surface area contributed by atoms with Crippen molar-refractivity contribution in [3.63, 3.8) is 0 Å². The van der Waals surface area contributed by atoms with Gasteiger partial charge in [0, 0.05) is 18.8 Å². The number of aliphatic hydroxyl groups excluding tert-OH is 1. The number of aliphatic hydroxyl groups is 1. The molecule has 0 amide bonds. The van der Waals surface area contributed by atoms with Gasteiger partial charge in [0.15, 0.2) is 0 Å². The fourth-order valence-corrected chi connectivity index (χ4v) is 2.43. The van der Waals surface area contributed by atoms with Crippen molar-refractivity contribution in [2.45, 2.75) is 25.3 Å². The minimum atomic E-state index is 0.321. The third-order valence-corrected chi connectivity index (χ3v) is 3.95. The van der Waals surface area contributed by atoms with Crippen LogP contribution in [0.4, 0.5) is 0 Å². The highest BCUT2D eigenvalue weighted by Crippen LogP contribution is 2.40. The molecule has 0 unspecified atom stereocenters. The Bertz CT molecular complexity index is 407. The lowest BCUT2D eigenvalue weighted by Gasteiger charge is -2.27. The van der Waals surface area contributed by atoms with E-state index in [0.717, 1.165) is 31.7 Å². The smallest absolute Gasteiger partial charge is 0.137 e. The second-order valence-electron chi connectivity index (χ2n) is 5.42. The first kappa shape index (κ1) is 11.9. The highest BCUT2D eigenvalue weighted by Gasteiger charge is 2.36. The molecule has 4 heteroatoms. The van der Waals surface area contributed by atoms with Crippen LogP contribution >= 0.6 is 0 Å². The molecule has 0 spiro atoms. The van der Waals surface area contributed by atoms with Gasteiger partial charge >= 0.3 is 0 Å². The molecule has 1 aliphatic carbocycles. The summed E-state index contributed by atoms with van der Waals surface area (Å²) < 4.78 is 5.73. The first-order chi connectivity index (χ1) is 8.85. The van der Waals surface area contributed by atoms with Gasteiger partial charge in [0.2, 0.25) is 0 Å². The SMILES string of the molecule is OC[C@@H]1C[C@H]1Cc1cncc(OC[C@@H]2CCN2)c1. The van der Waals surface area contributed by atoms with Crippen LogP contribution in [-0.2, 0) is 6.42 Å². The van der Waals surface area contributed by atoms with E-state index in [2.05, 4.69) is 16.4 Å². The van der Waals surface area contributed by atoms with Gasteiger partial charge in [-0.25, -0.2) is 0 Å². The number of pyridine rings is 1. The minimum Gasteiger partial charge on any atom is -0.490 e. The summed E-state index contributed by atoms with van der Waals surface area (Å²) in [5.41, 5.74) is 1.22. The van der Waals surface area contributed by atoms with E-state index in [-0.39, 0.29) is 0 Å². The van der Waals surface area contributed by atoms with Crippen LogP contribution in [0.3, 0.4) is 0 Å². The summed E-state index contributed by atoms with van der Waals surface area (Å²) in [7, 11) is 0. The van der Waals surface area contributed by atoms with E-state index in [4.69, 9.17) is 9.84 Å². The number of nitrogens with zero attached hydrogens (tertiary/aromatic N) is 1. The summed E-state index contributed by atoms with van der Waals surface area (Å²) in [6.07, 6.45) is 7.04. The molecular weight excluding hydrogens is 228 g/mol. The number of ether oxygens (including phenoxy) is 1. The zero-order chi connectivity index (χ0) is 12.4. The van der Waals surface area contributed by atoms with Crippen LogP contribution < -0.4 is 10.1 Å². The summed E-state index contributed by atoms with van der Waals surface area (Å²) in [6.45, 7) is 2.16. The molecule has 18 heavy (non-hydrogen) atoms. The van der Waals surface area contributed by atoms with E-state index >= 15 is 0 Å². The molecule has 98 valence electrons. The molecule has 2 aliphatic rings. The molecule has 2 heterocycles. The van der Waals surface area contributed by atoms with Gasteiger partial charge in [0.25, 0.3) is 0 Å². The molecule has 3 rings (SSSR count). The van der Waals surface area contributed by atoms with Crippen molar-refractivity contribution >= 4 is 0 Å². The number of nitrogens with one attached hydrogen (secondary N) is 1. The van der Waals surface area contributed by atoms with E-state index in [0.29, 0.717) is 24.5 Å². The number of rotatable bonds is 6. The molecule has 0 bridgehead atoms. The maximum Gasteiger partial charge on any atom is 0.137 e. The van der Waals surface area contributed by atoms with Crippen LogP contribution in [0.2, 0.25) is 0 Å². The fourth-order valence-electron chi connectivity index (χ4n) is 2.43. The van der Waals surface area contributed by atoms with Crippen molar-refractivity contribution in [1.29, 1.82) is 0 Å². The van der Waals surface area contributed by atoms with Crippen molar-refractivity contribution in [2.24, 2.45) is 11.8 Å². The van der Waals surface area contributed by atoms with Gasteiger partial charge in [-0.2, -0.15) is 0 Å². The van der Waals surface area contributed by atoms with Gasteiger partial charge in [-0.3, -0.25) is 4.98 Å². The normalized spacial score (nSPS) is 29.7. The number of hydrogen-bond donors (Lipinski definition) is 2. The van der Waals surface area contributed by atoms with Gasteiger partial charge in [0.05, 0.1) is 6.20 Å².